The number of hydrogen-bond acceptors (Lipinski definition) is 1. The zero-order valence-corrected chi connectivity index (χ0v) is 7.02. The Kier molecular flexibility index (Phi) is 6.51. The second-order valence-corrected chi connectivity index (χ2v) is 2.41. The fourth-order valence-corrected chi connectivity index (χ4v) is 0.700. The summed E-state index contributed by atoms with van der Waals surface area (Å²) in [5.74, 6) is 2.58. The van der Waals surface area contributed by atoms with E-state index in [1.54, 1.807) is 0 Å². The molecule has 0 aliphatic rings. The highest BCUT2D eigenvalue weighted by Crippen LogP contribution is 1.92. The van der Waals surface area contributed by atoms with Gasteiger partial charge in [-0.25, -0.2) is 0 Å². The van der Waals surface area contributed by atoms with E-state index in [0.717, 1.165) is 12.8 Å². The highest BCUT2D eigenvalue weighted by atomic mass is 16.1. The van der Waals surface area contributed by atoms with Crippen LogP contribution in [0.4, 0.5) is 0 Å². The zero-order valence-electron chi connectivity index (χ0n) is 7.02. The Morgan fingerprint density at radius 2 is 2.36 bits per heavy atom. The first kappa shape index (κ1) is 10.0. The Morgan fingerprint density at radius 1 is 1.64 bits per heavy atom. The number of unbranched alkanes of at least 4 members (excludes halogenated alkanes) is 1. The summed E-state index contributed by atoms with van der Waals surface area (Å²) in [6.45, 7) is 2.67. The van der Waals surface area contributed by atoms with Gasteiger partial charge in [0, 0.05) is 19.4 Å². The van der Waals surface area contributed by atoms with E-state index in [1.807, 2.05) is 0 Å². The number of amides is 1. The van der Waals surface area contributed by atoms with Crippen molar-refractivity contribution in [2.24, 2.45) is 0 Å². The van der Waals surface area contributed by atoms with Crippen molar-refractivity contribution in [3.63, 3.8) is 0 Å². The Morgan fingerprint density at radius 3 is 2.91 bits per heavy atom. The number of carbonyl (C=O) groups excluding carboxylic acids is 1. The minimum atomic E-state index is 0.113. The van der Waals surface area contributed by atoms with Gasteiger partial charge in [-0.15, -0.1) is 12.3 Å². The molecule has 0 unspecified atom stereocenters. The molecule has 0 aromatic heterocycles. The van der Waals surface area contributed by atoms with E-state index in [4.69, 9.17) is 6.42 Å². The molecule has 0 atom stereocenters. The van der Waals surface area contributed by atoms with Gasteiger partial charge in [0.1, 0.15) is 0 Å². The first-order chi connectivity index (χ1) is 5.31. The quantitative estimate of drug-likeness (QED) is 0.468. The summed E-state index contributed by atoms with van der Waals surface area (Å²) in [6, 6.07) is 0. The molecule has 0 bridgehead atoms. The van der Waals surface area contributed by atoms with Gasteiger partial charge in [-0.3, -0.25) is 4.79 Å². The summed E-state index contributed by atoms with van der Waals surface area (Å²) in [6.07, 6.45) is 8.28. The molecule has 62 valence electrons. The largest absolute Gasteiger partial charge is 0.355 e. The lowest BCUT2D eigenvalue weighted by molar-refractivity contribution is -0.121. The summed E-state index contributed by atoms with van der Waals surface area (Å²) < 4.78 is 0. The van der Waals surface area contributed by atoms with Crippen molar-refractivity contribution in [3.05, 3.63) is 0 Å². The van der Waals surface area contributed by atoms with Crippen LogP contribution >= 0.6 is 0 Å². The van der Waals surface area contributed by atoms with Crippen LogP contribution in [0.5, 0.6) is 0 Å². The molecule has 1 amide bonds. The molecule has 0 saturated heterocycles. The summed E-state index contributed by atoms with van der Waals surface area (Å²) in [4.78, 5) is 10.9. The first-order valence-electron chi connectivity index (χ1n) is 4.01. The van der Waals surface area contributed by atoms with Crippen LogP contribution in [-0.4, -0.2) is 12.5 Å². The minimum Gasteiger partial charge on any atom is -0.355 e. The summed E-state index contributed by atoms with van der Waals surface area (Å²) in [5, 5.41) is 2.74. The molecule has 0 aliphatic carbocycles. The van der Waals surface area contributed by atoms with Gasteiger partial charge in [0.05, 0.1) is 0 Å². The van der Waals surface area contributed by atoms with Crippen LogP contribution in [0.25, 0.3) is 0 Å². The molecule has 0 rings (SSSR count). The van der Waals surface area contributed by atoms with Gasteiger partial charge in [-0.05, 0) is 6.42 Å². The Hall–Kier alpha value is -0.970. The molecule has 0 fully saturated rings. The van der Waals surface area contributed by atoms with Crippen LogP contribution in [0.3, 0.4) is 0 Å². The van der Waals surface area contributed by atoms with Crippen LogP contribution in [0.2, 0.25) is 0 Å². The number of nitrogens with one attached hydrogen (secondary N) is 1. The monoisotopic (exact) mass is 153 g/mol. The van der Waals surface area contributed by atoms with E-state index in [2.05, 4.69) is 18.2 Å². The number of rotatable bonds is 5. The molecule has 0 radical (unpaired) electrons. The van der Waals surface area contributed by atoms with Crippen molar-refractivity contribution in [2.45, 2.75) is 32.6 Å². The molecule has 0 saturated carbocycles. The second kappa shape index (κ2) is 7.14. The van der Waals surface area contributed by atoms with Crippen molar-refractivity contribution < 1.29 is 4.79 Å². The normalized spacial score (nSPS) is 8.73. The van der Waals surface area contributed by atoms with Gasteiger partial charge in [-0.1, -0.05) is 13.3 Å². The maximum atomic E-state index is 10.9. The van der Waals surface area contributed by atoms with Gasteiger partial charge >= 0.3 is 0 Å². The van der Waals surface area contributed by atoms with Crippen LogP contribution < -0.4 is 5.32 Å². The van der Waals surface area contributed by atoms with Crippen LogP contribution in [0.1, 0.15) is 32.6 Å². The Labute approximate surface area is 68.4 Å². The number of hydrogen-bond donors (Lipinski definition) is 1. The molecule has 1 N–H and O–H groups in total. The maximum Gasteiger partial charge on any atom is 0.220 e. The maximum absolute atomic E-state index is 10.9. The lowest BCUT2D eigenvalue weighted by Gasteiger charge is -2.00. The van der Waals surface area contributed by atoms with E-state index >= 15 is 0 Å². The third kappa shape index (κ3) is 6.92. The molecule has 11 heavy (non-hydrogen) atoms. The zero-order chi connectivity index (χ0) is 8.53. The van der Waals surface area contributed by atoms with Gasteiger partial charge in [0.15, 0.2) is 0 Å². The van der Waals surface area contributed by atoms with Crippen molar-refractivity contribution in [3.8, 4) is 12.3 Å². The van der Waals surface area contributed by atoms with Crippen molar-refractivity contribution in [1.29, 1.82) is 0 Å². The SMILES string of the molecule is C#CCCNC(=O)CCCC. The van der Waals surface area contributed by atoms with E-state index < -0.39 is 0 Å². The topological polar surface area (TPSA) is 29.1 Å². The molecule has 0 spiro atoms. The fourth-order valence-electron chi connectivity index (χ4n) is 0.700. The highest BCUT2D eigenvalue weighted by Gasteiger charge is 1.96. The van der Waals surface area contributed by atoms with Crippen molar-refractivity contribution in [1.82, 2.24) is 5.32 Å². The van der Waals surface area contributed by atoms with Crippen molar-refractivity contribution >= 4 is 5.91 Å². The van der Waals surface area contributed by atoms with E-state index in [-0.39, 0.29) is 5.91 Å². The standard InChI is InChI=1S/C9H15NO/c1-3-5-7-9(11)10-8-6-4-2/h2H,3,5-8H2,1H3,(H,10,11). The van der Waals surface area contributed by atoms with Gasteiger partial charge in [-0.2, -0.15) is 0 Å². The summed E-state index contributed by atoms with van der Waals surface area (Å²) in [7, 11) is 0. The number of carbonyl (C=O) groups is 1. The molecular weight excluding hydrogens is 138 g/mol. The summed E-state index contributed by atoms with van der Waals surface area (Å²) >= 11 is 0. The second-order valence-electron chi connectivity index (χ2n) is 2.41. The lowest BCUT2D eigenvalue weighted by atomic mass is 10.2. The van der Waals surface area contributed by atoms with E-state index in [9.17, 15) is 4.79 Å². The molecule has 0 aromatic rings. The van der Waals surface area contributed by atoms with Gasteiger partial charge in [0.25, 0.3) is 0 Å². The van der Waals surface area contributed by atoms with Crippen LogP contribution in [-0.2, 0) is 4.79 Å². The number of terminal acetylenes is 1. The average Bonchev–Trinajstić information content (AvgIpc) is 2.01. The van der Waals surface area contributed by atoms with Crippen molar-refractivity contribution in [2.75, 3.05) is 6.54 Å². The minimum absolute atomic E-state index is 0.113. The molecule has 2 nitrogen and oxygen atoms in total. The third-order valence-corrected chi connectivity index (χ3v) is 1.35. The van der Waals surface area contributed by atoms with Gasteiger partial charge in [0.2, 0.25) is 5.91 Å². The molecule has 0 heterocycles. The van der Waals surface area contributed by atoms with Crippen LogP contribution in [0, 0.1) is 12.3 Å². The predicted octanol–water partition coefficient (Wildman–Crippen LogP) is 1.32. The summed E-state index contributed by atoms with van der Waals surface area (Å²) in [5.41, 5.74) is 0. The van der Waals surface area contributed by atoms with E-state index in [0.29, 0.717) is 19.4 Å². The Bertz CT molecular complexity index is 146. The third-order valence-electron chi connectivity index (χ3n) is 1.35. The smallest absolute Gasteiger partial charge is 0.220 e. The average molecular weight is 153 g/mol. The fraction of sp³-hybridized carbons (Fsp3) is 0.667. The Balaban J connectivity index is 3.17. The highest BCUT2D eigenvalue weighted by molar-refractivity contribution is 5.75. The molecule has 0 aromatic carbocycles. The molecule has 0 aliphatic heterocycles. The molecule has 2 heteroatoms. The lowest BCUT2D eigenvalue weighted by Crippen LogP contribution is -2.23. The van der Waals surface area contributed by atoms with Crippen LogP contribution in [0.15, 0.2) is 0 Å². The molecular formula is C9H15NO. The first-order valence-corrected chi connectivity index (χ1v) is 4.01. The predicted molar refractivity (Wildman–Crippen MR) is 46.0 cm³/mol. The van der Waals surface area contributed by atoms with E-state index in [1.165, 1.54) is 0 Å². The van der Waals surface area contributed by atoms with Gasteiger partial charge < -0.3 is 5.32 Å².